The van der Waals surface area contributed by atoms with Crippen LogP contribution >= 0.6 is 35.0 Å². The Morgan fingerprint density at radius 2 is 1.50 bits per heavy atom. The number of amides is 2. The van der Waals surface area contributed by atoms with Crippen LogP contribution in [-0.2, 0) is 4.79 Å². The van der Waals surface area contributed by atoms with Gasteiger partial charge in [-0.3, -0.25) is 9.59 Å². The minimum atomic E-state index is -0.315. The fourth-order valence-electron chi connectivity index (χ4n) is 2.90. The lowest BCUT2D eigenvalue weighted by Crippen LogP contribution is -2.14. The molecule has 3 rings (SSSR count). The molecule has 4 nitrogen and oxygen atoms in total. The van der Waals surface area contributed by atoms with Gasteiger partial charge in [0.25, 0.3) is 5.91 Å². The first-order valence-electron chi connectivity index (χ1n) is 9.17. The molecular formula is C23H20Cl2N2O2S. The van der Waals surface area contributed by atoms with E-state index in [0.717, 1.165) is 21.7 Å². The smallest absolute Gasteiger partial charge is 0.257 e. The van der Waals surface area contributed by atoms with Gasteiger partial charge in [0, 0.05) is 21.3 Å². The number of thioether (sulfide) groups is 1. The molecule has 2 N–H and O–H groups in total. The lowest BCUT2D eigenvalue weighted by Gasteiger charge is -2.09. The molecule has 0 unspecified atom stereocenters. The Labute approximate surface area is 190 Å². The van der Waals surface area contributed by atoms with E-state index < -0.39 is 0 Å². The fraction of sp³-hybridized carbons (Fsp3) is 0.130. The van der Waals surface area contributed by atoms with Crippen LogP contribution in [0.3, 0.4) is 0 Å². The van der Waals surface area contributed by atoms with Crippen LogP contribution in [-0.4, -0.2) is 17.6 Å². The number of anilines is 2. The molecule has 0 saturated carbocycles. The zero-order valence-corrected chi connectivity index (χ0v) is 18.8. The van der Waals surface area contributed by atoms with Crippen molar-refractivity contribution in [3.63, 3.8) is 0 Å². The molecule has 0 fully saturated rings. The van der Waals surface area contributed by atoms with Crippen LogP contribution in [0.4, 0.5) is 11.4 Å². The molecular weight excluding hydrogens is 439 g/mol. The van der Waals surface area contributed by atoms with E-state index in [4.69, 9.17) is 23.2 Å². The highest BCUT2D eigenvalue weighted by molar-refractivity contribution is 8.00. The van der Waals surface area contributed by atoms with E-state index in [1.54, 1.807) is 24.3 Å². The predicted octanol–water partition coefficient (Wildman–Crippen LogP) is 6.59. The molecule has 7 heteroatoms. The molecule has 0 spiro atoms. The number of carbonyl (C=O) groups is 2. The molecule has 3 aromatic carbocycles. The zero-order chi connectivity index (χ0) is 21.7. The Bertz CT molecular complexity index is 1060. The largest absolute Gasteiger partial charge is 0.325 e. The van der Waals surface area contributed by atoms with Crippen molar-refractivity contribution >= 4 is 58.2 Å². The highest BCUT2D eigenvalue weighted by Crippen LogP contribution is 2.24. The normalized spacial score (nSPS) is 10.5. The van der Waals surface area contributed by atoms with Gasteiger partial charge in [-0.1, -0.05) is 29.3 Å². The zero-order valence-electron chi connectivity index (χ0n) is 16.5. The van der Waals surface area contributed by atoms with Crippen LogP contribution in [0.15, 0.2) is 65.6 Å². The summed E-state index contributed by atoms with van der Waals surface area (Å²) >= 11 is 13.4. The lowest BCUT2D eigenvalue weighted by molar-refractivity contribution is -0.113. The molecule has 2 amide bonds. The van der Waals surface area contributed by atoms with E-state index in [-0.39, 0.29) is 11.8 Å². The second-order valence-corrected chi connectivity index (χ2v) is 8.71. The highest BCUT2D eigenvalue weighted by Gasteiger charge is 2.11. The molecule has 0 heterocycles. The molecule has 0 aromatic heterocycles. The Kier molecular flexibility index (Phi) is 7.43. The van der Waals surface area contributed by atoms with Gasteiger partial charge in [0.2, 0.25) is 5.91 Å². The summed E-state index contributed by atoms with van der Waals surface area (Å²) in [6, 6.07) is 18.0. The molecule has 0 aliphatic carbocycles. The third-order valence-electron chi connectivity index (χ3n) is 4.16. The van der Waals surface area contributed by atoms with Crippen molar-refractivity contribution < 1.29 is 9.59 Å². The number of halogens is 2. The molecule has 30 heavy (non-hydrogen) atoms. The summed E-state index contributed by atoms with van der Waals surface area (Å²) in [4.78, 5) is 25.5. The predicted molar refractivity (Wildman–Crippen MR) is 126 cm³/mol. The van der Waals surface area contributed by atoms with Crippen molar-refractivity contribution in [2.24, 2.45) is 0 Å². The van der Waals surface area contributed by atoms with E-state index in [0.29, 0.717) is 27.0 Å². The standard InChI is InChI=1S/C23H20Cl2N2O2S/c1-14-9-15(2)11-18(10-14)26-22(28)13-30-19-6-4-17(5-7-19)27-23(29)20-8-3-16(24)12-21(20)25/h3-12H,13H2,1-2H3,(H,26,28)(H,27,29). The van der Waals surface area contributed by atoms with E-state index >= 15 is 0 Å². The first-order chi connectivity index (χ1) is 14.3. The summed E-state index contributed by atoms with van der Waals surface area (Å²) < 4.78 is 0. The van der Waals surface area contributed by atoms with Crippen molar-refractivity contribution in [1.29, 1.82) is 0 Å². The first kappa shape index (κ1) is 22.2. The van der Waals surface area contributed by atoms with Crippen molar-refractivity contribution in [1.82, 2.24) is 0 Å². The lowest BCUT2D eigenvalue weighted by atomic mass is 10.1. The van der Waals surface area contributed by atoms with Crippen molar-refractivity contribution in [3.8, 4) is 0 Å². The topological polar surface area (TPSA) is 58.2 Å². The van der Waals surface area contributed by atoms with E-state index in [1.807, 2.05) is 38.1 Å². The van der Waals surface area contributed by atoms with Crippen molar-refractivity contribution in [2.75, 3.05) is 16.4 Å². The minimum Gasteiger partial charge on any atom is -0.325 e. The first-order valence-corrected chi connectivity index (χ1v) is 10.9. The summed E-state index contributed by atoms with van der Waals surface area (Å²) in [5, 5.41) is 6.48. The summed E-state index contributed by atoms with van der Waals surface area (Å²) in [6.45, 7) is 4.00. The number of hydrogen-bond acceptors (Lipinski definition) is 3. The SMILES string of the molecule is Cc1cc(C)cc(NC(=O)CSc2ccc(NC(=O)c3ccc(Cl)cc3Cl)cc2)c1. The maximum atomic E-state index is 12.4. The molecule has 0 bridgehead atoms. The third kappa shape index (κ3) is 6.26. The monoisotopic (exact) mass is 458 g/mol. The van der Waals surface area contributed by atoms with E-state index in [1.165, 1.54) is 17.8 Å². The Morgan fingerprint density at radius 1 is 0.833 bits per heavy atom. The van der Waals surface area contributed by atoms with Gasteiger partial charge in [-0.25, -0.2) is 0 Å². The van der Waals surface area contributed by atoms with Gasteiger partial charge >= 0.3 is 0 Å². The van der Waals surface area contributed by atoms with Gasteiger partial charge in [0.05, 0.1) is 16.3 Å². The van der Waals surface area contributed by atoms with Gasteiger partial charge in [0.15, 0.2) is 0 Å². The van der Waals surface area contributed by atoms with Crippen LogP contribution in [0.25, 0.3) is 0 Å². The number of nitrogens with one attached hydrogen (secondary N) is 2. The average molecular weight is 459 g/mol. The summed E-state index contributed by atoms with van der Waals surface area (Å²) in [5.74, 6) is -0.0938. The quantitative estimate of drug-likeness (QED) is 0.409. The molecule has 154 valence electrons. The van der Waals surface area contributed by atoms with Crippen LogP contribution in [0.5, 0.6) is 0 Å². The van der Waals surface area contributed by atoms with Gasteiger partial charge in [-0.2, -0.15) is 0 Å². The Hall–Kier alpha value is -2.47. The molecule has 3 aromatic rings. The van der Waals surface area contributed by atoms with Crippen LogP contribution in [0.2, 0.25) is 10.0 Å². The fourth-order valence-corrected chi connectivity index (χ4v) is 4.09. The number of aryl methyl sites for hydroxylation is 2. The average Bonchev–Trinajstić information content (AvgIpc) is 2.66. The van der Waals surface area contributed by atoms with Crippen LogP contribution in [0.1, 0.15) is 21.5 Å². The maximum absolute atomic E-state index is 12.4. The maximum Gasteiger partial charge on any atom is 0.257 e. The summed E-state index contributed by atoms with van der Waals surface area (Å²) in [5.41, 5.74) is 4.00. The Balaban J connectivity index is 1.54. The van der Waals surface area contributed by atoms with Gasteiger partial charge in [-0.15, -0.1) is 11.8 Å². The highest BCUT2D eigenvalue weighted by atomic mass is 35.5. The van der Waals surface area contributed by atoms with E-state index in [2.05, 4.69) is 16.7 Å². The molecule has 0 saturated heterocycles. The minimum absolute atomic E-state index is 0.0697. The number of carbonyl (C=O) groups excluding carboxylic acids is 2. The van der Waals surface area contributed by atoms with Gasteiger partial charge in [0.1, 0.15) is 0 Å². The van der Waals surface area contributed by atoms with Crippen molar-refractivity contribution in [3.05, 3.63) is 87.4 Å². The Morgan fingerprint density at radius 3 is 2.13 bits per heavy atom. The number of benzene rings is 3. The van der Waals surface area contributed by atoms with Crippen molar-refractivity contribution in [2.45, 2.75) is 18.7 Å². The van der Waals surface area contributed by atoms with Gasteiger partial charge in [-0.05, 0) is 79.6 Å². The molecule has 0 radical (unpaired) electrons. The third-order valence-corrected chi connectivity index (χ3v) is 5.72. The molecule has 0 aliphatic rings. The van der Waals surface area contributed by atoms with E-state index in [9.17, 15) is 9.59 Å². The second-order valence-electron chi connectivity index (χ2n) is 6.82. The van der Waals surface area contributed by atoms with Gasteiger partial charge < -0.3 is 10.6 Å². The van der Waals surface area contributed by atoms with Crippen LogP contribution < -0.4 is 10.6 Å². The summed E-state index contributed by atoms with van der Waals surface area (Å²) in [7, 11) is 0. The summed E-state index contributed by atoms with van der Waals surface area (Å²) in [6.07, 6.45) is 0. The second kappa shape index (κ2) is 10.0. The van der Waals surface area contributed by atoms with Crippen LogP contribution in [0, 0.1) is 13.8 Å². The molecule has 0 atom stereocenters. The number of hydrogen-bond donors (Lipinski definition) is 2. The molecule has 0 aliphatic heterocycles. The number of rotatable bonds is 6.